The molecule has 0 amide bonds. The van der Waals surface area contributed by atoms with Crippen LogP contribution in [0.25, 0.3) is 0 Å². The Hall–Kier alpha value is -2.64. The van der Waals surface area contributed by atoms with Crippen LogP contribution in [0.4, 0.5) is 0 Å². The maximum atomic E-state index is 11.0. The van der Waals surface area contributed by atoms with Gasteiger partial charge in [0.25, 0.3) is 0 Å². The summed E-state index contributed by atoms with van der Waals surface area (Å²) in [5.74, 6) is -1.86. The summed E-state index contributed by atoms with van der Waals surface area (Å²) in [6, 6.07) is 3.19. The van der Waals surface area contributed by atoms with Crippen LogP contribution in [0.3, 0.4) is 0 Å². The van der Waals surface area contributed by atoms with Gasteiger partial charge in [0, 0.05) is 25.0 Å². The molecule has 8 heteroatoms. The number of rotatable bonds is 8. The Kier molecular flexibility index (Phi) is 5.15. The summed E-state index contributed by atoms with van der Waals surface area (Å²) in [4.78, 5) is 21.9. The van der Waals surface area contributed by atoms with Gasteiger partial charge in [0.15, 0.2) is 36.9 Å². The van der Waals surface area contributed by atoms with Gasteiger partial charge in [-0.1, -0.05) is 0 Å². The van der Waals surface area contributed by atoms with Crippen LogP contribution in [0, 0.1) is 0 Å². The predicted octanol–water partition coefficient (Wildman–Crippen LogP) is 0.206. The molecular weight excluding hydrogens is 300 g/mol. The van der Waals surface area contributed by atoms with Crippen LogP contribution in [0.2, 0.25) is 0 Å². The fourth-order valence-electron chi connectivity index (χ4n) is 2.60. The highest BCUT2D eigenvalue weighted by atomic mass is 16.4. The first-order valence-corrected chi connectivity index (χ1v) is 7.49. The number of carboxylic acid groups (broad SMARTS) is 2. The van der Waals surface area contributed by atoms with Crippen LogP contribution >= 0.6 is 0 Å². The molecule has 2 aromatic rings. The molecule has 0 aliphatic heterocycles. The molecule has 0 aromatic carbocycles. The predicted molar refractivity (Wildman–Crippen MR) is 79.0 cm³/mol. The van der Waals surface area contributed by atoms with Crippen molar-refractivity contribution < 1.29 is 29.2 Å². The van der Waals surface area contributed by atoms with E-state index in [0.717, 1.165) is 32.4 Å². The zero-order chi connectivity index (χ0) is 17.0. The molecule has 0 radical (unpaired) electrons. The number of carbonyl (C=O) groups is 2. The van der Waals surface area contributed by atoms with E-state index in [-0.39, 0.29) is 11.4 Å². The highest BCUT2D eigenvalue weighted by molar-refractivity contribution is 5.85. The number of unbranched alkanes of at least 4 members (excludes halogenated alkanes) is 2. The zero-order valence-electron chi connectivity index (χ0n) is 13.3. The van der Waals surface area contributed by atoms with Crippen LogP contribution in [0.15, 0.2) is 24.5 Å². The van der Waals surface area contributed by atoms with Gasteiger partial charge in [0.1, 0.15) is 0 Å². The van der Waals surface area contributed by atoms with Crippen molar-refractivity contribution in [2.75, 3.05) is 0 Å². The lowest BCUT2D eigenvalue weighted by atomic mass is 10.2. The highest BCUT2D eigenvalue weighted by Crippen LogP contribution is 2.00. The SMILES string of the molecule is Cn1c(C(=O)O)cc[n+]1CCCCC[n+]1ccc(C(=O)O)n1C. The van der Waals surface area contributed by atoms with Gasteiger partial charge in [-0.05, 0) is 6.42 Å². The van der Waals surface area contributed by atoms with Crippen molar-refractivity contribution in [2.45, 2.75) is 32.4 Å². The Morgan fingerprint density at radius 3 is 1.57 bits per heavy atom. The summed E-state index contributed by atoms with van der Waals surface area (Å²) in [5.41, 5.74) is 0.538. The fourth-order valence-corrected chi connectivity index (χ4v) is 2.60. The van der Waals surface area contributed by atoms with Crippen LogP contribution in [-0.4, -0.2) is 31.5 Å². The Bertz CT molecular complexity index is 657. The van der Waals surface area contributed by atoms with Crippen molar-refractivity contribution in [3.8, 4) is 0 Å². The van der Waals surface area contributed by atoms with Crippen LogP contribution in [-0.2, 0) is 27.2 Å². The molecule has 23 heavy (non-hydrogen) atoms. The Labute approximate surface area is 133 Å². The molecule has 0 fully saturated rings. The van der Waals surface area contributed by atoms with E-state index in [4.69, 9.17) is 10.2 Å². The molecule has 124 valence electrons. The van der Waals surface area contributed by atoms with Crippen LogP contribution in [0.1, 0.15) is 40.2 Å². The second kappa shape index (κ2) is 7.08. The van der Waals surface area contributed by atoms with Crippen LogP contribution in [0.5, 0.6) is 0 Å². The molecule has 0 aliphatic rings. The molecule has 8 nitrogen and oxygen atoms in total. The third kappa shape index (κ3) is 3.77. The normalized spacial score (nSPS) is 10.9. The lowest BCUT2D eigenvalue weighted by Gasteiger charge is -2.00. The monoisotopic (exact) mass is 322 g/mol. The van der Waals surface area contributed by atoms with Gasteiger partial charge in [-0.3, -0.25) is 0 Å². The van der Waals surface area contributed by atoms with Gasteiger partial charge >= 0.3 is 11.9 Å². The van der Waals surface area contributed by atoms with E-state index in [9.17, 15) is 9.59 Å². The van der Waals surface area contributed by atoms with Crippen molar-refractivity contribution in [1.29, 1.82) is 0 Å². The number of aryl methyl sites for hydroxylation is 2. The quantitative estimate of drug-likeness (QED) is 0.537. The molecule has 2 heterocycles. The lowest BCUT2D eigenvalue weighted by molar-refractivity contribution is -0.776. The molecule has 0 atom stereocenters. The number of aromatic nitrogens is 4. The van der Waals surface area contributed by atoms with E-state index in [0.29, 0.717) is 0 Å². The second-order valence-electron chi connectivity index (χ2n) is 5.45. The van der Waals surface area contributed by atoms with Crippen molar-refractivity contribution in [3.05, 3.63) is 35.9 Å². The van der Waals surface area contributed by atoms with Gasteiger partial charge in [-0.15, -0.1) is 18.7 Å². The van der Waals surface area contributed by atoms with Crippen molar-refractivity contribution >= 4 is 11.9 Å². The van der Waals surface area contributed by atoms with E-state index in [1.165, 1.54) is 0 Å². The van der Waals surface area contributed by atoms with E-state index < -0.39 is 11.9 Å². The molecule has 0 bridgehead atoms. The van der Waals surface area contributed by atoms with Crippen LogP contribution < -0.4 is 9.36 Å². The van der Waals surface area contributed by atoms with Gasteiger partial charge < -0.3 is 10.2 Å². The number of hydrogen-bond acceptors (Lipinski definition) is 2. The molecule has 0 aliphatic carbocycles. The molecule has 2 rings (SSSR count). The molecule has 0 unspecified atom stereocenters. The summed E-state index contributed by atoms with van der Waals surface area (Å²) in [7, 11) is 3.47. The third-order valence-electron chi connectivity index (χ3n) is 3.99. The average Bonchev–Trinajstić information content (AvgIpc) is 3.03. The molecule has 2 aromatic heterocycles. The summed E-state index contributed by atoms with van der Waals surface area (Å²) in [5, 5.41) is 18.0. The van der Waals surface area contributed by atoms with Crippen molar-refractivity contribution in [1.82, 2.24) is 9.36 Å². The minimum absolute atomic E-state index is 0.269. The summed E-state index contributed by atoms with van der Waals surface area (Å²) in [6.07, 6.45) is 6.38. The number of carboxylic acids is 2. The largest absolute Gasteiger partial charge is 0.476 e. The first-order valence-electron chi connectivity index (χ1n) is 7.49. The Balaban J connectivity index is 1.78. The topological polar surface area (TPSA) is 92.2 Å². The molecular formula is C15H22N4O4+2. The average molecular weight is 322 g/mol. The van der Waals surface area contributed by atoms with Gasteiger partial charge in [-0.25, -0.2) is 9.59 Å². The number of nitrogens with zero attached hydrogens (tertiary/aromatic N) is 4. The van der Waals surface area contributed by atoms with Crippen molar-refractivity contribution in [3.63, 3.8) is 0 Å². The summed E-state index contributed by atoms with van der Waals surface area (Å²) in [6.45, 7) is 1.50. The van der Waals surface area contributed by atoms with Gasteiger partial charge in [0.05, 0.1) is 14.1 Å². The standard InChI is InChI=1S/C15H20N4O4/c1-16-12(14(20)21)6-10-18(16)8-4-3-5-9-19-11-7-13(15(22)23)17(19)2/h6-7,10-11H,3-5,8-9H2,1-2H3/p+2. The fraction of sp³-hybridized carbons (Fsp3) is 0.467. The minimum atomic E-state index is -0.930. The molecule has 0 spiro atoms. The van der Waals surface area contributed by atoms with Crippen molar-refractivity contribution in [2.24, 2.45) is 14.1 Å². The second-order valence-corrected chi connectivity index (χ2v) is 5.45. The van der Waals surface area contributed by atoms with E-state index >= 15 is 0 Å². The maximum Gasteiger partial charge on any atom is 0.358 e. The first kappa shape index (κ1) is 16.7. The number of aromatic carboxylic acids is 2. The summed E-state index contributed by atoms with van der Waals surface area (Å²) < 4.78 is 7.02. The molecule has 2 N–H and O–H groups in total. The van der Waals surface area contributed by atoms with Gasteiger partial charge in [0.2, 0.25) is 0 Å². The Morgan fingerprint density at radius 2 is 1.26 bits per heavy atom. The van der Waals surface area contributed by atoms with E-state index in [1.54, 1.807) is 48.0 Å². The van der Waals surface area contributed by atoms with E-state index in [1.807, 2.05) is 9.36 Å². The van der Waals surface area contributed by atoms with Gasteiger partial charge in [-0.2, -0.15) is 0 Å². The Morgan fingerprint density at radius 1 is 0.870 bits per heavy atom. The number of hydrogen-bond donors (Lipinski definition) is 2. The highest BCUT2D eigenvalue weighted by Gasteiger charge is 2.18. The van der Waals surface area contributed by atoms with E-state index in [2.05, 4.69) is 0 Å². The summed E-state index contributed by atoms with van der Waals surface area (Å²) >= 11 is 0. The zero-order valence-corrected chi connectivity index (χ0v) is 13.3. The maximum absolute atomic E-state index is 11.0. The molecule has 0 saturated heterocycles. The lowest BCUT2D eigenvalue weighted by Crippen LogP contribution is -2.43. The first-order chi connectivity index (χ1) is 10.9. The third-order valence-corrected chi connectivity index (χ3v) is 3.99. The smallest absolute Gasteiger partial charge is 0.358 e. The minimum Gasteiger partial charge on any atom is -0.476 e. The molecule has 0 saturated carbocycles.